The first-order valence-electron chi connectivity index (χ1n) is 9.48. The Balaban J connectivity index is 1.87. The second-order valence-electron chi connectivity index (χ2n) is 7.13. The van der Waals surface area contributed by atoms with E-state index in [4.69, 9.17) is 9.47 Å². The number of hydrogen-bond acceptors (Lipinski definition) is 5. The molecule has 1 aliphatic rings. The number of anilines is 1. The monoisotopic (exact) mass is 418 g/mol. The molecule has 0 atom stereocenters. The van der Waals surface area contributed by atoms with Gasteiger partial charge < -0.3 is 14.8 Å². The van der Waals surface area contributed by atoms with Crippen LogP contribution in [0.25, 0.3) is 0 Å². The summed E-state index contributed by atoms with van der Waals surface area (Å²) in [6.07, 6.45) is 1.67. The van der Waals surface area contributed by atoms with Crippen molar-refractivity contribution in [2.45, 2.75) is 24.7 Å². The van der Waals surface area contributed by atoms with Gasteiger partial charge >= 0.3 is 0 Å². The highest BCUT2D eigenvalue weighted by Gasteiger charge is 2.29. The fraction of sp³-hybridized carbons (Fsp3) is 0.381. The van der Waals surface area contributed by atoms with Gasteiger partial charge in [-0.05, 0) is 61.2 Å². The van der Waals surface area contributed by atoms with E-state index in [1.807, 2.05) is 0 Å². The van der Waals surface area contributed by atoms with Crippen molar-refractivity contribution in [3.8, 4) is 11.5 Å². The smallest absolute Gasteiger partial charge is 0.259 e. The first kappa shape index (κ1) is 21.1. The van der Waals surface area contributed by atoms with E-state index in [-0.39, 0.29) is 10.5 Å². The molecule has 1 heterocycles. The van der Waals surface area contributed by atoms with Crippen LogP contribution < -0.4 is 14.8 Å². The molecule has 0 spiro atoms. The quantitative estimate of drug-likeness (QED) is 0.777. The molecule has 1 saturated heterocycles. The van der Waals surface area contributed by atoms with E-state index < -0.39 is 15.9 Å². The standard InChI is InChI=1S/C21H26N2O5S/c1-15-10-12-23(13-11-15)29(25,26)18-8-9-20(28-3)19(14-18)21(24)22-16-4-6-17(27-2)7-5-16/h4-9,14-15H,10-13H2,1-3H3,(H,22,24). The molecule has 1 aliphatic heterocycles. The fourth-order valence-corrected chi connectivity index (χ4v) is 4.77. The zero-order chi connectivity index (χ0) is 21.0. The van der Waals surface area contributed by atoms with Crippen molar-refractivity contribution in [3.05, 3.63) is 48.0 Å². The number of sulfonamides is 1. The first-order chi connectivity index (χ1) is 13.8. The maximum Gasteiger partial charge on any atom is 0.259 e. The molecule has 3 rings (SSSR count). The number of ether oxygens (including phenoxy) is 2. The minimum Gasteiger partial charge on any atom is -0.497 e. The lowest BCUT2D eigenvalue weighted by molar-refractivity contribution is 0.102. The zero-order valence-corrected chi connectivity index (χ0v) is 17.7. The van der Waals surface area contributed by atoms with Gasteiger partial charge in [0.05, 0.1) is 24.7 Å². The van der Waals surface area contributed by atoms with Gasteiger partial charge in [0.1, 0.15) is 11.5 Å². The zero-order valence-electron chi connectivity index (χ0n) is 16.8. The minimum atomic E-state index is -3.67. The Morgan fingerprint density at radius 2 is 1.69 bits per heavy atom. The lowest BCUT2D eigenvalue weighted by atomic mass is 10.0. The van der Waals surface area contributed by atoms with E-state index in [1.54, 1.807) is 31.4 Å². The molecule has 2 aromatic carbocycles. The summed E-state index contributed by atoms with van der Waals surface area (Å²) < 4.78 is 37.9. The Kier molecular flexibility index (Phi) is 6.44. The molecule has 0 saturated carbocycles. The van der Waals surface area contributed by atoms with Crippen molar-refractivity contribution in [1.82, 2.24) is 4.31 Å². The second kappa shape index (κ2) is 8.84. The van der Waals surface area contributed by atoms with Crippen LogP contribution in [0.2, 0.25) is 0 Å². The van der Waals surface area contributed by atoms with Crippen LogP contribution in [0.15, 0.2) is 47.4 Å². The van der Waals surface area contributed by atoms with E-state index in [9.17, 15) is 13.2 Å². The number of piperidine rings is 1. The predicted molar refractivity (Wildman–Crippen MR) is 111 cm³/mol. The molecule has 1 fully saturated rings. The molecule has 0 aromatic heterocycles. The third-order valence-corrected chi connectivity index (χ3v) is 7.04. The summed E-state index contributed by atoms with van der Waals surface area (Å²) in [7, 11) is -0.660. The average Bonchev–Trinajstić information content (AvgIpc) is 2.74. The molecule has 8 heteroatoms. The predicted octanol–water partition coefficient (Wildman–Crippen LogP) is 3.38. The highest BCUT2D eigenvalue weighted by molar-refractivity contribution is 7.89. The summed E-state index contributed by atoms with van der Waals surface area (Å²) in [5, 5.41) is 2.77. The van der Waals surface area contributed by atoms with E-state index in [0.29, 0.717) is 36.2 Å². The second-order valence-corrected chi connectivity index (χ2v) is 9.07. The summed E-state index contributed by atoms with van der Waals surface area (Å²) in [5.41, 5.74) is 0.728. The minimum absolute atomic E-state index is 0.0905. The number of carbonyl (C=O) groups excluding carboxylic acids is 1. The summed E-state index contributed by atoms with van der Waals surface area (Å²) in [6, 6.07) is 11.2. The van der Waals surface area contributed by atoms with Crippen LogP contribution in [-0.2, 0) is 10.0 Å². The van der Waals surface area contributed by atoms with Crippen LogP contribution in [0, 0.1) is 5.92 Å². The molecule has 156 valence electrons. The summed E-state index contributed by atoms with van der Waals surface area (Å²) in [6.45, 7) is 3.10. The van der Waals surface area contributed by atoms with Gasteiger partial charge in [-0.15, -0.1) is 0 Å². The highest BCUT2D eigenvalue weighted by atomic mass is 32.2. The van der Waals surface area contributed by atoms with E-state index in [0.717, 1.165) is 12.8 Å². The van der Waals surface area contributed by atoms with Crippen LogP contribution >= 0.6 is 0 Å². The summed E-state index contributed by atoms with van der Waals surface area (Å²) >= 11 is 0. The molecule has 0 unspecified atom stereocenters. The number of nitrogens with one attached hydrogen (secondary N) is 1. The van der Waals surface area contributed by atoms with Crippen LogP contribution in [-0.4, -0.2) is 45.9 Å². The number of nitrogens with zero attached hydrogens (tertiary/aromatic N) is 1. The molecule has 0 radical (unpaired) electrons. The molecule has 29 heavy (non-hydrogen) atoms. The third kappa shape index (κ3) is 4.71. The molecule has 1 amide bonds. The van der Waals surface area contributed by atoms with Crippen molar-refractivity contribution in [1.29, 1.82) is 0 Å². The Hall–Kier alpha value is -2.58. The van der Waals surface area contributed by atoms with E-state index >= 15 is 0 Å². The first-order valence-corrected chi connectivity index (χ1v) is 10.9. The Morgan fingerprint density at radius 1 is 1.03 bits per heavy atom. The van der Waals surface area contributed by atoms with E-state index in [1.165, 1.54) is 29.6 Å². The highest BCUT2D eigenvalue weighted by Crippen LogP contribution is 2.28. The maximum absolute atomic E-state index is 13.0. The van der Waals surface area contributed by atoms with Crippen molar-refractivity contribution in [2.75, 3.05) is 32.6 Å². The van der Waals surface area contributed by atoms with Gasteiger partial charge in [-0.2, -0.15) is 4.31 Å². The summed E-state index contributed by atoms with van der Waals surface area (Å²) in [5.74, 6) is 1.05. The number of carbonyl (C=O) groups is 1. The number of methoxy groups -OCH3 is 2. The SMILES string of the molecule is COc1ccc(NC(=O)c2cc(S(=O)(=O)N3CCC(C)CC3)ccc2OC)cc1. The van der Waals surface area contributed by atoms with Gasteiger partial charge in [-0.3, -0.25) is 4.79 Å². The van der Waals surface area contributed by atoms with Crippen molar-refractivity contribution < 1.29 is 22.7 Å². The fourth-order valence-electron chi connectivity index (χ4n) is 3.27. The number of benzene rings is 2. The Morgan fingerprint density at radius 3 is 2.28 bits per heavy atom. The van der Waals surface area contributed by atoms with Crippen molar-refractivity contribution in [2.24, 2.45) is 5.92 Å². The van der Waals surface area contributed by atoms with Crippen LogP contribution in [0.5, 0.6) is 11.5 Å². The summed E-state index contributed by atoms with van der Waals surface area (Å²) in [4.78, 5) is 12.9. The molecule has 0 aliphatic carbocycles. The number of rotatable bonds is 6. The van der Waals surface area contributed by atoms with Gasteiger partial charge in [-0.1, -0.05) is 6.92 Å². The van der Waals surface area contributed by atoms with Gasteiger partial charge in [0.25, 0.3) is 5.91 Å². The third-order valence-electron chi connectivity index (χ3n) is 5.14. The van der Waals surface area contributed by atoms with Crippen LogP contribution in [0.1, 0.15) is 30.1 Å². The molecule has 0 bridgehead atoms. The Bertz CT molecular complexity index is 965. The molecule has 2 aromatic rings. The molecule has 7 nitrogen and oxygen atoms in total. The molecule has 1 N–H and O–H groups in total. The lowest BCUT2D eigenvalue weighted by Gasteiger charge is -2.29. The Labute approximate surface area is 171 Å². The molecular weight excluding hydrogens is 392 g/mol. The number of amides is 1. The number of hydrogen-bond donors (Lipinski definition) is 1. The van der Waals surface area contributed by atoms with Gasteiger partial charge in [0.15, 0.2) is 0 Å². The lowest BCUT2D eigenvalue weighted by Crippen LogP contribution is -2.37. The largest absolute Gasteiger partial charge is 0.497 e. The maximum atomic E-state index is 13.0. The molecular formula is C21H26N2O5S. The van der Waals surface area contributed by atoms with Gasteiger partial charge in [0.2, 0.25) is 10.0 Å². The average molecular weight is 419 g/mol. The van der Waals surface area contributed by atoms with Crippen molar-refractivity contribution in [3.63, 3.8) is 0 Å². The van der Waals surface area contributed by atoms with Gasteiger partial charge in [-0.25, -0.2) is 8.42 Å². The normalized spacial score (nSPS) is 15.7. The van der Waals surface area contributed by atoms with Gasteiger partial charge in [0, 0.05) is 18.8 Å². The van der Waals surface area contributed by atoms with Crippen molar-refractivity contribution >= 4 is 21.6 Å². The topological polar surface area (TPSA) is 84.9 Å². The van der Waals surface area contributed by atoms with E-state index in [2.05, 4.69) is 12.2 Å². The van der Waals surface area contributed by atoms with Crippen LogP contribution in [0.4, 0.5) is 5.69 Å². The van der Waals surface area contributed by atoms with Crippen LogP contribution in [0.3, 0.4) is 0 Å².